The Labute approximate surface area is 71.0 Å². The van der Waals surface area contributed by atoms with Crippen LogP contribution in [0.25, 0.3) is 0 Å². The van der Waals surface area contributed by atoms with Gasteiger partial charge in [-0.05, 0) is 6.42 Å². The molecule has 0 spiro atoms. The van der Waals surface area contributed by atoms with Gasteiger partial charge in [-0.25, -0.2) is 0 Å². The number of aliphatic hydroxyl groups excluding tert-OH is 1. The van der Waals surface area contributed by atoms with Crippen LogP contribution in [-0.4, -0.2) is 21.7 Å². The maximum atomic E-state index is 10.6. The molecule has 1 aliphatic carbocycles. The SMILES string of the molecule is CC(C)([C@@H]1C=C[C@H](O)C1)[N+](=O)[O-]. The van der Waals surface area contributed by atoms with Gasteiger partial charge < -0.3 is 5.11 Å². The van der Waals surface area contributed by atoms with Gasteiger partial charge in [0.2, 0.25) is 5.54 Å². The Morgan fingerprint density at radius 2 is 2.17 bits per heavy atom. The molecule has 0 aromatic rings. The highest BCUT2D eigenvalue weighted by Crippen LogP contribution is 2.30. The highest BCUT2D eigenvalue weighted by molar-refractivity contribution is 5.07. The van der Waals surface area contributed by atoms with E-state index in [-0.39, 0.29) is 10.8 Å². The monoisotopic (exact) mass is 171 g/mol. The van der Waals surface area contributed by atoms with E-state index < -0.39 is 11.6 Å². The van der Waals surface area contributed by atoms with Gasteiger partial charge in [-0.2, -0.15) is 0 Å². The fourth-order valence-corrected chi connectivity index (χ4v) is 1.34. The lowest BCUT2D eigenvalue weighted by Gasteiger charge is -2.21. The molecule has 0 aromatic heterocycles. The summed E-state index contributed by atoms with van der Waals surface area (Å²) in [5, 5.41) is 19.7. The first kappa shape index (κ1) is 9.19. The first-order valence-corrected chi connectivity index (χ1v) is 3.95. The minimum absolute atomic E-state index is 0.150. The third-order valence-electron chi connectivity index (χ3n) is 2.44. The van der Waals surface area contributed by atoms with E-state index in [1.165, 1.54) is 0 Å². The second-order valence-corrected chi connectivity index (χ2v) is 3.71. The molecular formula is C8H13NO3. The van der Waals surface area contributed by atoms with E-state index in [0.29, 0.717) is 6.42 Å². The molecule has 0 heterocycles. The number of hydrogen-bond donors (Lipinski definition) is 1. The van der Waals surface area contributed by atoms with E-state index in [4.69, 9.17) is 5.11 Å². The molecule has 0 aliphatic heterocycles. The summed E-state index contributed by atoms with van der Waals surface area (Å²) in [7, 11) is 0. The zero-order chi connectivity index (χ0) is 9.35. The normalized spacial score (nSPS) is 29.2. The Kier molecular flexibility index (Phi) is 2.19. The lowest BCUT2D eigenvalue weighted by atomic mass is 9.87. The van der Waals surface area contributed by atoms with Crippen LogP contribution in [0.5, 0.6) is 0 Å². The van der Waals surface area contributed by atoms with Crippen molar-refractivity contribution in [1.82, 2.24) is 0 Å². The van der Waals surface area contributed by atoms with Gasteiger partial charge >= 0.3 is 0 Å². The number of hydrogen-bond acceptors (Lipinski definition) is 3. The van der Waals surface area contributed by atoms with Crippen LogP contribution < -0.4 is 0 Å². The molecule has 0 amide bonds. The van der Waals surface area contributed by atoms with Crippen molar-refractivity contribution in [3.63, 3.8) is 0 Å². The Bertz CT molecular complexity index is 222. The zero-order valence-corrected chi connectivity index (χ0v) is 7.23. The van der Waals surface area contributed by atoms with Crippen molar-refractivity contribution in [2.24, 2.45) is 5.92 Å². The summed E-state index contributed by atoms with van der Waals surface area (Å²) in [6.45, 7) is 3.17. The number of nitrogens with zero attached hydrogens (tertiary/aromatic N) is 1. The van der Waals surface area contributed by atoms with E-state index >= 15 is 0 Å². The number of rotatable bonds is 2. The molecule has 0 radical (unpaired) electrons. The molecule has 4 nitrogen and oxygen atoms in total. The standard InChI is InChI=1S/C8H13NO3/c1-8(2,9(11)12)6-3-4-7(10)5-6/h3-4,6-7,10H,5H2,1-2H3/t6-,7+/m1/s1. The summed E-state index contributed by atoms with van der Waals surface area (Å²) in [5.74, 6) is -0.150. The molecule has 2 atom stereocenters. The molecule has 0 fully saturated rings. The predicted octanol–water partition coefficient (Wildman–Crippen LogP) is 0.979. The molecule has 1 aliphatic rings. The highest BCUT2D eigenvalue weighted by atomic mass is 16.6. The van der Waals surface area contributed by atoms with Gasteiger partial charge in [0.1, 0.15) is 0 Å². The second-order valence-electron chi connectivity index (χ2n) is 3.71. The molecule has 0 bridgehead atoms. The van der Waals surface area contributed by atoms with Crippen LogP contribution in [0.15, 0.2) is 12.2 Å². The van der Waals surface area contributed by atoms with E-state index in [2.05, 4.69) is 0 Å². The molecule has 4 heteroatoms. The van der Waals surface area contributed by atoms with Gasteiger partial charge in [0.15, 0.2) is 0 Å². The molecule has 0 saturated heterocycles. The topological polar surface area (TPSA) is 63.4 Å². The highest BCUT2D eigenvalue weighted by Gasteiger charge is 2.41. The summed E-state index contributed by atoms with van der Waals surface area (Å²) in [5.41, 5.74) is -0.964. The average molecular weight is 171 g/mol. The van der Waals surface area contributed by atoms with E-state index in [1.807, 2.05) is 0 Å². The van der Waals surface area contributed by atoms with Crippen LogP contribution in [0.1, 0.15) is 20.3 Å². The largest absolute Gasteiger partial charge is 0.389 e. The van der Waals surface area contributed by atoms with Crippen molar-refractivity contribution in [3.8, 4) is 0 Å². The summed E-state index contributed by atoms with van der Waals surface area (Å²) in [4.78, 5) is 10.3. The van der Waals surface area contributed by atoms with E-state index in [0.717, 1.165) is 0 Å². The second kappa shape index (κ2) is 2.86. The van der Waals surface area contributed by atoms with Gasteiger partial charge in [-0.15, -0.1) is 0 Å². The maximum absolute atomic E-state index is 10.6. The van der Waals surface area contributed by atoms with Crippen LogP contribution >= 0.6 is 0 Å². The summed E-state index contributed by atoms with van der Waals surface area (Å²) in [6, 6.07) is 0. The van der Waals surface area contributed by atoms with Gasteiger partial charge in [-0.3, -0.25) is 10.1 Å². The van der Waals surface area contributed by atoms with E-state index in [9.17, 15) is 10.1 Å². The fraction of sp³-hybridized carbons (Fsp3) is 0.750. The number of aliphatic hydroxyl groups is 1. The molecule has 0 aromatic carbocycles. The maximum Gasteiger partial charge on any atom is 0.223 e. The minimum Gasteiger partial charge on any atom is -0.389 e. The van der Waals surface area contributed by atoms with Crippen molar-refractivity contribution in [3.05, 3.63) is 22.3 Å². The van der Waals surface area contributed by atoms with Crippen LogP contribution in [0.3, 0.4) is 0 Å². The molecule has 68 valence electrons. The molecule has 1 rings (SSSR count). The molecule has 1 N–H and O–H groups in total. The summed E-state index contributed by atoms with van der Waals surface area (Å²) in [6.07, 6.45) is 3.31. The fourth-order valence-electron chi connectivity index (χ4n) is 1.34. The van der Waals surface area contributed by atoms with Gasteiger partial charge in [-0.1, -0.05) is 12.2 Å². The van der Waals surface area contributed by atoms with Crippen LogP contribution in [0, 0.1) is 16.0 Å². The van der Waals surface area contributed by atoms with Crippen LogP contribution in [-0.2, 0) is 0 Å². The Morgan fingerprint density at radius 1 is 1.58 bits per heavy atom. The molecule has 0 unspecified atom stereocenters. The zero-order valence-electron chi connectivity index (χ0n) is 7.23. The van der Waals surface area contributed by atoms with Gasteiger partial charge in [0.25, 0.3) is 0 Å². The van der Waals surface area contributed by atoms with Crippen molar-refractivity contribution in [2.45, 2.75) is 31.9 Å². The van der Waals surface area contributed by atoms with Crippen molar-refractivity contribution in [2.75, 3.05) is 0 Å². The third-order valence-corrected chi connectivity index (χ3v) is 2.44. The first-order chi connectivity index (χ1) is 5.44. The Morgan fingerprint density at radius 3 is 2.50 bits per heavy atom. The molecule has 0 saturated carbocycles. The smallest absolute Gasteiger partial charge is 0.223 e. The summed E-state index contributed by atoms with van der Waals surface area (Å²) >= 11 is 0. The average Bonchev–Trinajstić information content (AvgIpc) is 2.35. The molecule has 12 heavy (non-hydrogen) atoms. The number of nitro groups is 1. The van der Waals surface area contributed by atoms with E-state index in [1.54, 1.807) is 26.0 Å². The first-order valence-electron chi connectivity index (χ1n) is 3.95. The van der Waals surface area contributed by atoms with Crippen LogP contribution in [0.4, 0.5) is 0 Å². The minimum atomic E-state index is -0.964. The quantitative estimate of drug-likeness (QED) is 0.382. The predicted molar refractivity (Wildman–Crippen MR) is 44.3 cm³/mol. The van der Waals surface area contributed by atoms with Crippen molar-refractivity contribution >= 4 is 0 Å². The van der Waals surface area contributed by atoms with Crippen molar-refractivity contribution in [1.29, 1.82) is 0 Å². The summed E-state index contributed by atoms with van der Waals surface area (Å²) < 4.78 is 0. The Hall–Kier alpha value is -0.900. The third kappa shape index (κ3) is 1.48. The van der Waals surface area contributed by atoms with Gasteiger partial charge in [0.05, 0.1) is 6.10 Å². The van der Waals surface area contributed by atoms with Gasteiger partial charge in [0, 0.05) is 24.7 Å². The lowest BCUT2D eigenvalue weighted by Crippen LogP contribution is -2.38. The Balaban J connectivity index is 2.71. The molecular weight excluding hydrogens is 158 g/mol. The van der Waals surface area contributed by atoms with Crippen LogP contribution in [0.2, 0.25) is 0 Å². The van der Waals surface area contributed by atoms with Crippen molar-refractivity contribution < 1.29 is 10.0 Å². The lowest BCUT2D eigenvalue weighted by molar-refractivity contribution is -0.568.